The Bertz CT molecular complexity index is 1070. The molecule has 1 unspecified atom stereocenters. The number of cyclic esters (lactones) is 1. The van der Waals surface area contributed by atoms with Crippen molar-refractivity contribution in [2.24, 2.45) is 11.3 Å². The molecule has 3 rings (SSSR count). The molecular formula is C23H27F3N2O6. The van der Waals surface area contributed by atoms with Crippen LogP contribution in [0.15, 0.2) is 11.6 Å². The van der Waals surface area contributed by atoms with Crippen LogP contribution in [0.3, 0.4) is 0 Å². The number of nitrogens with one attached hydrogen (secondary N) is 2. The quantitative estimate of drug-likeness (QED) is 0.419. The Morgan fingerprint density at radius 2 is 2.06 bits per heavy atom. The van der Waals surface area contributed by atoms with Crippen molar-refractivity contribution in [1.82, 2.24) is 5.32 Å². The van der Waals surface area contributed by atoms with Crippen LogP contribution in [0.25, 0.3) is 0 Å². The second kappa shape index (κ2) is 9.28. The maximum absolute atomic E-state index is 13.1. The molecular weight excluding hydrogens is 457 g/mol. The molecule has 1 fully saturated rings. The van der Waals surface area contributed by atoms with Crippen molar-refractivity contribution >= 4 is 23.5 Å². The summed E-state index contributed by atoms with van der Waals surface area (Å²) >= 11 is 0. The molecule has 0 saturated carbocycles. The molecule has 0 bridgehead atoms. The summed E-state index contributed by atoms with van der Waals surface area (Å²) in [5.74, 6) is -4.52. The minimum atomic E-state index is -5.17. The number of carbonyl (C=O) groups excluding carboxylic acids is 2. The molecule has 1 aromatic rings. The first-order valence-corrected chi connectivity index (χ1v) is 10.7. The third-order valence-corrected chi connectivity index (χ3v) is 6.85. The number of rotatable bonds is 6. The number of carboxylic acids is 1. The van der Waals surface area contributed by atoms with E-state index in [0.29, 0.717) is 30.6 Å². The van der Waals surface area contributed by atoms with Crippen LogP contribution in [0.1, 0.15) is 47.3 Å². The summed E-state index contributed by atoms with van der Waals surface area (Å²) in [5, 5.41) is 14.6. The summed E-state index contributed by atoms with van der Waals surface area (Å²) in [7, 11) is 1.35. The van der Waals surface area contributed by atoms with E-state index in [1.165, 1.54) is 7.11 Å². The van der Waals surface area contributed by atoms with E-state index in [0.717, 1.165) is 5.57 Å². The molecule has 11 heteroatoms. The van der Waals surface area contributed by atoms with Crippen molar-refractivity contribution in [2.45, 2.75) is 46.4 Å². The van der Waals surface area contributed by atoms with Crippen LogP contribution < -0.4 is 15.4 Å². The maximum atomic E-state index is 13.1. The number of anilines is 1. The fourth-order valence-electron chi connectivity index (χ4n) is 4.61. The summed E-state index contributed by atoms with van der Waals surface area (Å²) in [5.41, 5.74) is 0.703. The predicted octanol–water partition coefficient (Wildman–Crippen LogP) is 3.36. The topological polar surface area (TPSA) is 114 Å². The van der Waals surface area contributed by atoms with E-state index in [1.807, 2.05) is 12.2 Å². The zero-order valence-electron chi connectivity index (χ0n) is 19.3. The van der Waals surface area contributed by atoms with Gasteiger partial charge in [0.25, 0.3) is 0 Å². The Morgan fingerprint density at radius 3 is 2.65 bits per heavy atom. The molecule has 1 aromatic carbocycles. The molecule has 3 N–H and O–H groups in total. The van der Waals surface area contributed by atoms with E-state index in [9.17, 15) is 32.7 Å². The van der Waals surface area contributed by atoms with Crippen LogP contribution in [0.4, 0.5) is 18.9 Å². The number of fused-ring (bicyclic) bond motifs is 1. The van der Waals surface area contributed by atoms with Gasteiger partial charge >= 0.3 is 24.0 Å². The number of aliphatic carboxylic acids is 1. The third-order valence-electron chi connectivity index (χ3n) is 6.85. The molecule has 2 aliphatic rings. The first-order valence-electron chi connectivity index (χ1n) is 10.7. The van der Waals surface area contributed by atoms with E-state index in [-0.39, 0.29) is 35.6 Å². The number of allylic oxidation sites excluding steroid dienone is 1. The molecule has 2 heterocycles. The second-order valence-electron chi connectivity index (χ2n) is 8.73. The number of hydrogen-bond acceptors (Lipinski definition) is 6. The fraction of sp³-hybridized carbons (Fsp3) is 0.522. The summed E-state index contributed by atoms with van der Waals surface area (Å²) in [6.45, 7) is 5.96. The predicted molar refractivity (Wildman–Crippen MR) is 116 cm³/mol. The van der Waals surface area contributed by atoms with Gasteiger partial charge in [-0.25, -0.2) is 4.79 Å². The molecule has 1 amide bonds. The number of halogens is 3. The number of alkyl halides is 3. The Hall–Kier alpha value is -3.08. The van der Waals surface area contributed by atoms with Crippen LogP contribution in [0, 0.1) is 18.3 Å². The average molecular weight is 484 g/mol. The van der Waals surface area contributed by atoms with E-state index in [4.69, 9.17) is 9.47 Å². The lowest BCUT2D eigenvalue weighted by Crippen LogP contribution is -2.46. The highest BCUT2D eigenvalue weighted by molar-refractivity contribution is 6.07. The Kier molecular flexibility index (Phi) is 6.97. The maximum Gasteiger partial charge on any atom is 0.471 e. The van der Waals surface area contributed by atoms with Crippen molar-refractivity contribution in [3.05, 3.63) is 33.9 Å². The Balaban J connectivity index is 2.16. The largest absolute Gasteiger partial charge is 0.496 e. The van der Waals surface area contributed by atoms with Gasteiger partial charge in [0.2, 0.25) is 0 Å². The van der Waals surface area contributed by atoms with Gasteiger partial charge in [0.1, 0.15) is 12.4 Å². The van der Waals surface area contributed by atoms with Gasteiger partial charge in [-0.05, 0) is 31.9 Å². The van der Waals surface area contributed by atoms with Gasteiger partial charge < -0.3 is 25.2 Å². The highest BCUT2D eigenvalue weighted by Gasteiger charge is 2.42. The van der Waals surface area contributed by atoms with Gasteiger partial charge in [-0.15, -0.1) is 0 Å². The number of methoxy groups -OCH3 is 1. The van der Waals surface area contributed by atoms with Gasteiger partial charge in [0.15, 0.2) is 0 Å². The molecule has 186 valence electrons. The minimum absolute atomic E-state index is 0.00923. The van der Waals surface area contributed by atoms with E-state index >= 15 is 0 Å². The van der Waals surface area contributed by atoms with Gasteiger partial charge in [-0.2, -0.15) is 13.2 Å². The Morgan fingerprint density at radius 1 is 1.38 bits per heavy atom. The Labute approximate surface area is 194 Å². The number of carboxylic acid groups (broad SMARTS) is 1. The number of esters is 1. The van der Waals surface area contributed by atoms with Crippen molar-refractivity contribution < 1.29 is 42.1 Å². The number of ether oxygens (including phenoxy) is 2. The minimum Gasteiger partial charge on any atom is -0.496 e. The SMILES string of the molecule is COc1c(C)c2c(c(NC(=O)C(F)(F)F)c1CC=C1CCNC[C@@]1(C)C(C)C(=O)O)C(=O)OC2. The van der Waals surface area contributed by atoms with Gasteiger partial charge in [0.05, 0.1) is 24.3 Å². The lowest BCUT2D eigenvalue weighted by molar-refractivity contribution is -0.167. The average Bonchev–Trinajstić information content (AvgIpc) is 3.15. The van der Waals surface area contributed by atoms with Crippen molar-refractivity contribution in [1.29, 1.82) is 0 Å². The molecule has 0 radical (unpaired) electrons. The number of benzene rings is 1. The molecule has 0 aliphatic carbocycles. The zero-order valence-corrected chi connectivity index (χ0v) is 19.3. The lowest BCUT2D eigenvalue weighted by atomic mass is 9.69. The first kappa shape index (κ1) is 25.5. The van der Waals surface area contributed by atoms with Gasteiger partial charge in [0, 0.05) is 23.1 Å². The van der Waals surface area contributed by atoms with Crippen LogP contribution in [0.5, 0.6) is 5.75 Å². The number of piperidine rings is 1. The zero-order chi connectivity index (χ0) is 25.4. The molecule has 2 aliphatic heterocycles. The highest BCUT2D eigenvalue weighted by atomic mass is 19.4. The van der Waals surface area contributed by atoms with Gasteiger partial charge in [-0.3, -0.25) is 9.59 Å². The summed E-state index contributed by atoms with van der Waals surface area (Å²) < 4.78 is 49.8. The summed E-state index contributed by atoms with van der Waals surface area (Å²) in [6, 6.07) is 0. The van der Waals surface area contributed by atoms with Crippen LogP contribution in [-0.4, -0.2) is 49.3 Å². The van der Waals surface area contributed by atoms with Crippen LogP contribution in [-0.2, 0) is 27.4 Å². The second-order valence-corrected chi connectivity index (χ2v) is 8.73. The standard InChI is InChI=1S/C23H27F3N2O6/c1-11-15-9-34-20(31)16(15)17(28-21(32)23(24,25)26)14(18(11)33-4)6-5-13-7-8-27-10-22(13,3)12(2)19(29)30/h5,12,27H,6-10H2,1-4H3,(H,28,32)(H,29,30)/t12?,22-/m0/s1. The summed E-state index contributed by atoms with van der Waals surface area (Å²) in [4.78, 5) is 36.0. The van der Waals surface area contributed by atoms with E-state index in [1.54, 1.807) is 19.9 Å². The molecule has 0 aromatic heterocycles. The molecule has 34 heavy (non-hydrogen) atoms. The first-order chi connectivity index (χ1) is 15.8. The van der Waals surface area contributed by atoms with Gasteiger partial charge in [-0.1, -0.05) is 25.5 Å². The molecule has 2 atom stereocenters. The third kappa shape index (κ3) is 4.48. The smallest absolute Gasteiger partial charge is 0.471 e. The number of carbonyl (C=O) groups is 3. The molecule has 8 nitrogen and oxygen atoms in total. The number of amides is 1. The number of hydrogen-bond donors (Lipinski definition) is 3. The van der Waals surface area contributed by atoms with Crippen molar-refractivity contribution in [2.75, 3.05) is 25.5 Å². The fourth-order valence-corrected chi connectivity index (χ4v) is 4.61. The molecule has 1 saturated heterocycles. The molecule has 0 spiro atoms. The van der Waals surface area contributed by atoms with E-state index < -0.39 is 35.4 Å². The monoisotopic (exact) mass is 484 g/mol. The van der Waals surface area contributed by atoms with Crippen molar-refractivity contribution in [3.63, 3.8) is 0 Å². The van der Waals surface area contributed by atoms with Crippen LogP contribution >= 0.6 is 0 Å². The van der Waals surface area contributed by atoms with E-state index in [2.05, 4.69) is 5.32 Å². The van der Waals surface area contributed by atoms with Crippen molar-refractivity contribution in [3.8, 4) is 5.75 Å². The summed E-state index contributed by atoms with van der Waals surface area (Å²) in [6.07, 6.45) is -2.87. The normalized spacial score (nSPS) is 22.2. The lowest BCUT2D eigenvalue weighted by Gasteiger charge is -2.40. The highest BCUT2D eigenvalue weighted by Crippen LogP contribution is 2.44. The van der Waals surface area contributed by atoms with Crippen LogP contribution in [0.2, 0.25) is 0 Å².